The maximum atomic E-state index is 9.62. The fourth-order valence-corrected chi connectivity index (χ4v) is 2.21. The van der Waals surface area contributed by atoms with Crippen LogP contribution in [0.4, 0.5) is 0 Å². The Morgan fingerprint density at radius 3 is 3.00 bits per heavy atom. The molecule has 0 aromatic carbocycles. The van der Waals surface area contributed by atoms with Crippen LogP contribution in [0.5, 0.6) is 5.88 Å². The second kappa shape index (κ2) is 2.60. The average Bonchev–Trinajstić information content (AvgIpc) is 2.72. The number of thiol groups is 1. The van der Waals surface area contributed by atoms with E-state index >= 15 is 0 Å². The van der Waals surface area contributed by atoms with Crippen LogP contribution in [-0.4, -0.2) is 24.7 Å². The summed E-state index contributed by atoms with van der Waals surface area (Å²) in [6.45, 7) is 0. The highest BCUT2D eigenvalue weighted by Crippen LogP contribution is 2.29. The second-order valence-electron chi connectivity index (χ2n) is 3.35. The lowest BCUT2D eigenvalue weighted by Crippen LogP contribution is -1.99. The molecule has 0 fully saturated rings. The van der Waals surface area contributed by atoms with Crippen LogP contribution in [0.3, 0.4) is 0 Å². The number of nitrogens with zero attached hydrogens (tertiary/aromatic N) is 4. The van der Waals surface area contributed by atoms with Crippen molar-refractivity contribution in [3.63, 3.8) is 0 Å². The maximum Gasteiger partial charge on any atom is 0.259 e. The van der Waals surface area contributed by atoms with E-state index in [1.165, 1.54) is 0 Å². The Bertz CT molecular complexity index is 522. The van der Waals surface area contributed by atoms with Gasteiger partial charge in [0.05, 0.1) is 0 Å². The van der Waals surface area contributed by atoms with E-state index in [0.717, 1.165) is 30.5 Å². The first-order chi connectivity index (χ1) is 6.77. The van der Waals surface area contributed by atoms with Crippen molar-refractivity contribution in [1.29, 1.82) is 0 Å². The number of aromatic hydroxyl groups is 1. The zero-order chi connectivity index (χ0) is 9.71. The molecule has 6 heteroatoms. The van der Waals surface area contributed by atoms with E-state index in [1.807, 2.05) is 0 Å². The summed E-state index contributed by atoms with van der Waals surface area (Å²) in [6, 6.07) is 0. The molecule has 1 aliphatic carbocycles. The molecule has 72 valence electrons. The molecule has 2 heterocycles. The van der Waals surface area contributed by atoms with Crippen LogP contribution < -0.4 is 0 Å². The van der Waals surface area contributed by atoms with Gasteiger partial charge in [-0.15, -0.1) is 22.8 Å². The summed E-state index contributed by atoms with van der Waals surface area (Å²) in [5, 5.41) is 17.8. The van der Waals surface area contributed by atoms with Crippen molar-refractivity contribution < 1.29 is 5.11 Å². The number of fused-ring (bicyclic) bond motifs is 3. The summed E-state index contributed by atoms with van der Waals surface area (Å²) in [7, 11) is 0. The van der Waals surface area contributed by atoms with Crippen molar-refractivity contribution in [2.45, 2.75) is 24.4 Å². The molecule has 0 unspecified atom stereocenters. The summed E-state index contributed by atoms with van der Waals surface area (Å²) in [4.78, 5) is 3.96. The molecule has 3 rings (SSSR count). The molecule has 14 heavy (non-hydrogen) atoms. The van der Waals surface area contributed by atoms with Gasteiger partial charge in [-0.05, 0) is 19.3 Å². The van der Waals surface area contributed by atoms with Crippen LogP contribution in [0, 0.1) is 0 Å². The van der Waals surface area contributed by atoms with E-state index in [-0.39, 0.29) is 5.88 Å². The first-order valence-corrected chi connectivity index (χ1v) is 4.87. The fourth-order valence-electron chi connectivity index (χ4n) is 1.96. The van der Waals surface area contributed by atoms with Crippen LogP contribution in [0.2, 0.25) is 0 Å². The molecule has 0 amide bonds. The maximum absolute atomic E-state index is 9.62. The molecule has 0 bridgehead atoms. The van der Waals surface area contributed by atoms with Crippen molar-refractivity contribution in [2.24, 2.45) is 0 Å². The molecule has 0 saturated carbocycles. The van der Waals surface area contributed by atoms with E-state index in [4.69, 9.17) is 0 Å². The van der Waals surface area contributed by atoms with Crippen molar-refractivity contribution in [1.82, 2.24) is 19.6 Å². The lowest BCUT2D eigenvalue weighted by atomic mass is 10.2. The third kappa shape index (κ3) is 0.886. The van der Waals surface area contributed by atoms with Crippen LogP contribution in [0.1, 0.15) is 17.7 Å². The minimum atomic E-state index is 0.0886. The van der Waals surface area contributed by atoms with Gasteiger partial charge in [0.25, 0.3) is 5.78 Å². The second-order valence-corrected chi connectivity index (χ2v) is 3.75. The van der Waals surface area contributed by atoms with Gasteiger partial charge in [0.1, 0.15) is 0 Å². The van der Waals surface area contributed by atoms with Crippen LogP contribution in [0.25, 0.3) is 5.78 Å². The summed E-state index contributed by atoms with van der Waals surface area (Å²) >= 11 is 4.20. The van der Waals surface area contributed by atoms with Crippen molar-refractivity contribution >= 4 is 18.4 Å². The van der Waals surface area contributed by atoms with Crippen LogP contribution in [0.15, 0.2) is 5.16 Å². The Balaban J connectivity index is 2.49. The normalized spacial score (nSPS) is 14.9. The molecular formula is C8H8N4OS. The topological polar surface area (TPSA) is 63.3 Å². The predicted molar refractivity (Wildman–Crippen MR) is 51.7 cm³/mol. The quantitative estimate of drug-likeness (QED) is 0.622. The number of rotatable bonds is 0. The molecule has 2 aromatic heterocycles. The summed E-state index contributed by atoms with van der Waals surface area (Å²) in [5.41, 5.74) is 1.95. The summed E-state index contributed by atoms with van der Waals surface area (Å²) in [5.74, 6) is 0.513. The van der Waals surface area contributed by atoms with E-state index in [0.29, 0.717) is 10.9 Å². The highest BCUT2D eigenvalue weighted by Gasteiger charge is 2.21. The first-order valence-electron chi connectivity index (χ1n) is 4.42. The Morgan fingerprint density at radius 1 is 1.29 bits per heavy atom. The Morgan fingerprint density at radius 2 is 2.14 bits per heavy atom. The zero-order valence-corrected chi connectivity index (χ0v) is 8.20. The molecule has 0 radical (unpaired) electrons. The van der Waals surface area contributed by atoms with Crippen LogP contribution >= 0.6 is 12.6 Å². The number of aryl methyl sites for hydroxylation is 1. The molecule has 0 spiro atoms. The lowest BCUT2D eigenvalue weighted by molar-refractivity contribution is 0.446. The predicted octanol–water partition coefficient (Wildman–Crippen LogP) is 0.607. The monoisotopic (exact) mass is 208 g/mol. The highest BCUT2D eigenvalue weighted by atomic mass is 32.1. The molecule has 2 aromatic rings. The third-order valence-electron chi connectivity index (χ3n) is 2.56. The van der Waals surface area contributed by atoms with Gasteiger partial charge in [-0.3, -0.25) is 4.40 Å². The van der Waals surface area contributed by atoms with E-state index in [1.54, 1.807) is 4.40 Å². The van der Waals surface area contributed by atoms with Crippen molar-refractivity contribution in [3.8, 4) is 5.88 Å². The largest absolute Gasteiger partial charge is 0.493 e. The van der Waals surface area contributed by atoms with Gasteiger partial charge in [0, 0.05) is 11.3 Å². The first kappa shape index (κ1) is 8.05. The minimum Gasteiger partial charge on any atom is -0.493 e. The fraction of sp³-hybridized carbons (Fsp3) is 0.375. The molecule has 5 nitrogen and oxygen atoms in total. The zero-order valence-electron chi connectivity index (χ0n) is 7.30. The van der Waals surface area contributed by atoms with Gasteiger partial charge in [-0.2, -0.15) is 4.98 Å². The molecule has 1 aliphatic rings. The van der Waals surface area contributed by atoms with E-state index in [9.17, 15) is 5.11 Å². The summed E-state index contributed by atoms with van der Waals surface area (Å²) in [6.07, 6.45) is 2.83. The Kier molecular flexibility index (Phi) is 1.49. The van der Waals surface area contributed by atoms with Crippen molar-refractivity contribution in [3.05, 3.63) is 11.3 Å². The molecule has 0 aliphatic heterocycles. The highest BCUT2D eigenvalue weighted by molar-refractivity contribution is 7.80. The van der Waals surface area contributed by atoms with Gasteiger partial charge >= 0.3 is 0 Å². The van der Waals surface area contributed by atoms with Gasteiger partial charge in [-0.25, -0.2) is 0 Å². The van der Waals surface area contributed by atoms with Crippen LogP contribution in [-0.2, 0) is 12.8 Å². The van der Waals surface area contributed by atoms with Gasteiger partial charge in [0.15, 0.2) is 5.16 Å². The molecule has 0 saturated heterocycles. The SMILES string of the molecule is Oc1nc2nnc(S)n2c2c1CCC2. The molecular weight excluding hydrogens is 200 g/mol. The smallest absolute Gasteiger partial charge is 0.259 e. The van der Waals surface area contributed by atoms with E-state index in [2.05, 4.69) is 27.8 Å². The van der Waals surface area contributed by atoms with Gasteiger partial charge in [-0.1, -0.05) is 0 Å². The molecule has 1 N–H and O–H groups in total. The molecule has 0 atom stereocenters. The van der Waals surface area contributed by atoms with Gasteiger partial charge < -0.3 is 5.11 Å². The average molecular weight is 208 g/mol. The van der Waals surface area contributed by atoms with E-state index < -0.39 is 0 Å². The number of hydrogen-bond acceptors (Lipinski definition) is 5. The number of hydrogen-bond donors (Lipinski definition) is 2. The Hall–Kier alpha value is -1.30. The third-order valence-corrected chi connectivity index (χ3v) is 2.85. The number of aromatic nitrogens is 4. The lowest BCUT2D eigenvalue weighted by Gasteiger charge is -2.04. The van der Waals surface area contributed by atoms with Crippen molar-refractivity contribution in [2.75, 3.05) is 0 Å². The summed E-state index contributed by atoms with van der Waals surface area (Å²) < 4.78 is 1.80. The minimum absolute atomic E-state index is 0.0886. The Labute approximate surface area is 85.2 Å². The standard InChI is InChI=1S/C8H8N4OS/c13-6-4-2-1-3-5(4)12-7(9-6)10-11-8(12)14/h1-3H2,(H,11,14)(H,9,10,13). The van der Waals surface area contributed by atoms with Gasteiger partial charge in [0.2, 0.25) is 5.88 Å².